The van der Waals surface area contributed by atoms with Crippen LogP contribution in [0.1, 0.15) is 393 Å². The SMILES string of the molecule is CCCCC/C=C/CC/C=C/C(O)C(COC1OC(CO)C(O)C(O)C1O)NC(=O)CCCCCCCCCCCCCCCCCCC/C=C\C/C=C\CCCCCCCCCCCCCCCOC(=O)CCCCCCCCCCCCCCCCCCCC. The number of nitrogens with one attached hydrogen (secondary N) is 1. The monoisotopic (exact) mass is 1300 g/mol. The highest BCUT2D eigenvalue weighted by Gasteiger charge is 2.44. The van der Waals surface area contributed by atoms with Crippen molar-refractivity contribution in [2.75, 3.05) is 19.8 Å². The Bertz CT molecular complexity index is 1670. The molecule has 1 saturated heterocycles. The van der Waals surface area contributed by atoms with E-state index in [1.807, 2.05) is 6.08 Å². The molecule has 7 unspecified atom stereocenters. The molecule has 0 radical (unpaired) electrons. The van der Waals surface area contributed by atoms with Gasteiger partial charge in [0.15, 0.2) is 6.29 Å². The van der Waals surface area contributed by atoms with Crippen molar-refractivity contribution in [2.24, 2.45) is 0 Å². The first-order chi connectivity index (χ1) is 45.2. The van der Waals surface area contributed by atoms with E-state index in [-0.39, 0.29) is 18.5 Å². The van der Waals surface area contributed by atoms with Crippen LogP contribution in [0.3, 0.4) is 0 Å². The number of rotatable bonds is 71. The van der Waals surface area contributed by atoms with Crippen LogP contribution in [0.5, 0.6) is 0 Å². The Labute approximate surface area is 567 Å². The molecule has 0 bridgehead atoms. The van der Waals surface area contributed by atoms with Gasteiger partial charge in [0.1, 0.15) is 24.4 Å². The van der Waals surface area contributed by atoms with Crippen molar-refractivity contribution in [3.8, 4) is 0 Å². The lowest BCUT2D eigenvalue weighted by Crippen LogP contribution is -2.60. The smallest absolute Gasteiger partial charge is 0.305 e. The fraction of sp³-hybridized carbons (Fsp3) is 0.877. The summed E-state index contributed by atoms with van der Waals surface area (Å²) in [6, 6.07) is -0.825. The first kappa shape index (κ1) is 87.6. The minimum atomic E-state index is -1.57. The van der Waals surface area contributed by atoms with Crippen molar-refractivity contribution in [1.82, 2.24) is 5.32 Å². The Morgan fingerprint density at radius 1 is 0.402 bits per heavy atom. The molecule has 0 aliphatic carbocycles. The lowest BCUT2D eigenvalue weighted by Gasteiger charge is -2.40. The first-order valence-corrected chi connectivity index (χ1v) is 39.9. The second-order valence-corrected chi connectivity index (χ2v) is 27.8. The van der Waals surface area contributed by atoms with Crippen LogP contribution in [0.4, 0.5) is 0 Å². The number of hydrogen-bond donors (Lipinski definition) is 6. The fourth-order valence-corrected chi connectivity index (χ4v) is 12.7. The number of hydrogen-bond acceptors (Lipinski definition) is 10. The van der Waals surface area contributed by atoms with Gasteiger partial charge in [-0.2, -0.15) is 0 Å². The van der Waals surface area contributed by atoms with E-state index in [2.05, 4.69) is 55.6 Å². The fourth-order valence-electron chi connectivity index (χ4n) is 12.7. The summed E-state index contributed by atoms with van der Waals surface area (Å²) < 4.78 is 16.7. The molecule has 0 aromatic rings. The van der Waals surface area contributed by atoms with E-state index in [4.69, 9.17) is 14.2 Å². The Balaban J connectivity index is 1.86. The molecule has 1 aliphatic heterocycles. The summed E-state index contributed by atoms with van der Waals surface area (Å²) in [6.45, 7) is 4.32. The Morgan fingerprint density at radius 3 is 1.16 bits per heavy atom. The van der Waals surface area contributed by atoms with Crippen LogP contribution in [0, 0.1) is 0 Å². The number of aliphatic hydroxyl groups is 5. The molecule has 0 saturated carbocycles. The van der Waals surface area contributed by atoms with E-state index < -0.39 is 49.5 Å². The highest BCUT2D eigenvalue weighted by Crippen LogP contribution is 2.24. The summed E-state index contributed by atoms with van der Waals surface area (Å²) in [5.74, 6) is -0.173. The third-order valence-electron chi connectivity index (χ3n) is 18.9. The van der Waals surface area contributed by atoms with Gasteiger partial charge in [0.2, 0.25) is 5.91 Å². The topological polar surface area (TPSA) is 175 Å². The molecule has 1 fully saturated rings. The van der Waals surface area contributed by atoms with Gasteiger partial charge >= 0.3 is 5.97 Å². The molecule has 92 heavy (non-hydrogen) atoms. The number of aliphatic hydroxyl groups excluding tert-OH is 5. The third-order valence-corrected chi connectivity index (χ3v) is 18.9. The molecule has 1 amide bonds. The van der Waals surface area contributed by atoms with E-state index in [0.717, 1.165) is 57.8 Å². The van der Waals surface area contributed by atoms with E-state index in [1.54, 1.807) is 6.08 Å². The molecule has 11 heteroatoms. The quantitative estimate of drug-likeness (QED) is 0.0195. The van der Waals surface area contributed by atoms with Crippen molar-refractivity contribution < 1.29 is 49.3 Å². The third kappa shape index (κ3) is 57.8. The largest absolute Gasteiger partial charge is 0.466 e. The highest BCUT2D eigenvalue weighted by molar-refractivity contribution is 5.76. The zero-order chi connectivity index (χ0) is 66.5. The molecule has 0 aromatic heterocycles. The van der Waals surface area contributed by atoms with Crippen molar-refractivity contribution in [1.29, 1.82) is 0 Å². The summed E-state index contributed by atoms with van der Waals surface area (Å²) in [4.78, 5) is 25.1. The van der Waals surface area contributed by atoms with Gasteiger partial charge in [-0.25, -0.2) is 0 Å². The second kappa shape index (κ2) is 70.0. The Hall–Kier alpha value is -2.38. The summed E-state index contributed by atoms with van der Waals surface area (Å²) >= 11 is 0. The van der Waals surface area contributed by atoms with Crippen molar-refractivity contribution in [3.05, 3.63) is 48.6 Å². The van der Waals surface area contributed by atoms with E-state index >= 15 is 0 Å². The highest BCUT2D eigenvalue weighted by atomic mass is 16.7. The van der Waals surface area contributed by atoms with Crippen LogP contribution in [0.2, 0.25) is 0 Å². The Kier molecular flexibility index (Phi) is 66.6. The van der Waals surface area contributed by atoms with Crippen LogP contribution < -0.4 is 5.32 Å². The van der Waals surface area contributed by atoms with E-state index in [1.165, 1.54) is 308 Å². The van der Waals surface area contributed by atoms with Gasteiger partial charge in [0.05, 0.1) is 32.0 Å². The lowest BCUT2D eigenvalue weighted by molar-refractivity contribution is -0.302. The van der Waals surface area contributed by atoms with Gasteiger partial charge < -0.3 is 45.1 Å². The van der Waals surface area contributed by atoms with Crippen LogP contribution in [0.25, 0.3) is 0 Å². The zero-order valence-corrected chi connectivity index (χ0v) is 60.3. The molecule has 1 aliphatic rings. The zero-order valence-electron chi connectivity index (χ0n) is 60.3. The van der Waals surface area contributed by atoms with Crippen LogP contribution in [0.15, 0.2) is 48.6 Å². The molecule has 540 valence electrons. The standard InChI is InChI=1S/C81H151NO10/c1-3-5-7-9-11-13-14-15-16-17-40-43-46-49-53-57-61-65-69-77(86)90-70-66-62-58-54-50-47-44-41-38-36-34-32-30-28-26-24-22-20-18-19-21-23-25-27-29-31-33-35-37-39-42-45-48-52-56-60-64-68-76(85)82-73(74(84)67-63-59-55-51-12-10-8-6-4-2)72-91-81-80(89)79(88)78(87)75(71-83)92-81/h12,18,20,24,26,51,63,67,73-75,78-81,83-84,87-89H,3-11,13-17,19,21-23,25,27-50,52-62,64-66,68-72H2,1-2H3,(H,82,85)/b20-18-,26-24-,51-12+,67-63+. The van der Waals surface area contributed by atoms with Crippen molar-refractivity contribution in [3.63, 3.8) is 0 Å². The van der Waals surface area contributed by atoms with E-state index in [9.17, 15) is 35.1 Å². The number of unbranched alkanes of at least 4 members (excludes halogenated alkanes) is 51. The van der Waals surface area contributed by atoms with E-state index in [0.29, 0.717) is 19.4 Å². The van der Waals surface area contributed by atoms with Crippen LogP contribution in [-0.2, 0) is 23.8 Å². The molecule has 0 spiro atoms. The minimum absolute atomic E-state index is 0.0173. The maximum Gasteiger partial charge on any atom is 0.305 e. The van der Waals surface area contributed by atoms with Crippen LogP contribution in [-0.4, -0.2) is 100 Å². The molecular weight excluding hydrogens is 1150 g/mol. The second-order valence-electron chi connectivity index (χ2n) is 27.8. The first-order valence-electron chi connectivity index (χ1n) is 39.9. The molecule has 6 N–H and O–H groups in total. The minimum Gasteiger partial charge on any atom is -0.466 e. The van der Waals surface area contributed by atoms with Crippen LogP contribution >= 0.6 is 0 Å². The average molecular weight is 1300 g/mol. The number of esters is 1. The summed E-state index contributed by atoms with van der Waals surface area (Å²) in [5.41, 5.74) is 0. The van der Waals surface area contributed by atoms with Crippen molar-refractivity contribution in [2.45, 2.75) is 436 Å². The van der Waals surface area contributed by atoms with Crippen molar-refractivity contribution >= 4 is 11.9 Å². The maximum atomic E-state index is 13.0. The summed E-state index contributed by atoms with van der Waals surface area (Å²) in [7, 11) is 0. The predicted molar refractivity (Wildman–Crippen MR) is 389 cm³/mol. The average Bonchev–Trinajstić information content (AvgIpc) is 1.01. The summed E-state index contributed by atoms with van der Waals surface area (Å²) in [5, 5.41) is 54.3. The molecule has 7 atom stereocenters. The number of carbonyl (C=O) groups is 2. The number of allylic oxidation sites excluding steroid dienone is 7. The molecule has 11 nitrogen and oxygen atoms in total. The Morgan fingerprint density at radius 2 is 0.739 bits per heavy atom. The normalized spacial score (nSPS) is 17.8. The number of ether oxygens (including phenoxy) is 3. The summed E-state index contributed by atoms with van der Waals surface area (Å²) in [6.07, 6.45) is 83.2. The maximum absolute atomic E-state index is 13.0. The van der Waals surface area contributed by atoms with Gasteiger partial charge in [-0.15, -0.1) is 0 Å². The number of carbonyl (C=O) groups excluding carboxylic acids is 2. The van der Waals surface area contributed by atoms with Gasteiger partial charge in [0, 0.05) is 12.8 Å². The molecule has 1 rings (SSSR count). The van der Waals surface area contributed by atoms with Gasteiger partial charge in [-0.05, 0) is 77.0 Å². The predicted octanol–water partition coefficient (Wildman–Crippen LogP) is 21.5. The number of amides is 1. The van der Waals surface area contributed by atoms with Gasteiger partial charge in [0.25, 0.3) is 0 Å². The molecular formula is C81H151NO10. The molecule has 0 aromatic carbocycles. The molecule has 1 heterocycles. The van der Waals surface area contributed by atoms with Gasteiger partial charge in [-0.1, -0.05) is 351 Å². The lowest BCUT2D eigenvalue weighted by atomic mass is 9.99. The van der Waals surface area contributed by atoms with Gasteiger partial charge in [-0.3, -0.25) is 9.59 Å².